The quantitative estimate of drug-likeness (QED) is 0.738. The largest absolute Gasteiger partial charge is 0.376 e. The van der Waals surface area contributed by atoms with Gasteiger partial charge in [0.1, 0.15) is 18.3 Å². The summed E-state index contributed by atoms with van der Waals surface area (Å²) in [4.78, 5) is 0. The van der Waals surface area contributed by atoms with Crippen molar-refractivity contribution in [3.8, 4) is 0 Å². The van der Waals surface area contributed by atoms with Gasteiger partial charge in [0.15, 0.2) is 5.79 Å². The van der Waals surface area contributed by atoms with Gasteiger partial charge in [-0.3, -0.25) is 0 Å². The van der Waals surface area contributed by atoms with Crippen LogP contribution in [0.2, 0.25) is 0 Å². The molecule has 15 heavy (non-hydrogen) atoms. The lowest BCUT2D eigenvalue weighted by molar-refractivity contribution is -0.343. The van der Waals surface area contributed by atoms with Crippen molar-refractivity contribution in [1.29, 1.82) is 0 Å². The van der Waals surface area contributed by atoms with Crippen molar-refractivity contribution < 1.29 is 28.2 Å². The molecule has 0 spiro atoms. The molecular formula is C10H20O5. The molecule has 0 aliphatic carbocycles. The Hall–Kier alpha value is -0.200. The molecule has 0 aromatic heterocycles. The number of aliphatic hydroxyl groups is 1. The summed E-state index contributed by atoms with van der Waals surface area (Å²) >= 11 is 0. The SMILES string of the molecule is [2H]CO[C@@H]1[C@@H](OC[2H])[C@@H](OC[2H])C(C)(O)O[C@H]1C. The molecule has 0 amide bonds. The van der Waals surface area contributed by atoms with Gasteiger partial charge in [-0.2, -0.15) is 0 Å². The zero-order valence-corrected chi connectivity index (χ0v) is 9.01. The molecule has 1 heterocycles. The maximum Gasteiger partial charge on any atom is 0.192 e. The lowest BCUT2D eigenvalue weighted by Gasteiger charge is -2.47. The van der Waals surface area contributed by atoms with Gasteiger partial charge in [0, 0.05) is 21.3 Å². The van der Waals surface area contributed by atoms with Gasteiger partial charge in [0.05, 0.1) is 10.2 Å². The summed E-state index contributed by atoms with van der Waals surface area (Å²) in [7, 11) is -0.987. The van der Waals surface area contributed by atoms with Crippen molar-refractivity contribution in [3.05, 3.63) is 0 Å². The van der Waals surface area contributed by atoms with E-state index in [1.54, 1.807) is 6.92 Å². The van der Waals surface area contributed by atoms with E-state index in [1.165, 1.54) is 6.92 Å². The standard InChI is InChI=1S/C10H20O5/c1-6-7(12-3)8(13-4)9(14-5)10(2,11)15-6/h6-9,11H,1-5H3/t6-,7-,8+,9+,10?/m0/s1/i3D,4D,5D. The molecule has 5 nitrogen and oxygen atoms in total. The van der Waals surface area contributed by atoms with Crippen LogP contribution in [0.4, 0.5) is 0 Å². The molecule has 1 fully saturated rings. The maximum absolute atomic E-state index is 10.1. The summed E-state index contributed by atoms with van der Waals surface area (Å²) in [6.07, 6.45) is -2.82. The first kappa shape index (κ1) is 8.90. The van der Waals surface area contributed by atoms with Crippen LogP contribution in [-0.2, 0) is 18.9 Å². The van der Waals surface area contributed by atoms with Crippen LogP contribution < -0.4 is 0 Å². The predicted molar refractivity (Wildman–Crippen MR) is 53.6 cm³/mol. The van der Waals surface area contributed by atoms with Gasteiger partial charge >= 0.3 is 0 Å². The van der Waals surface area contributed by atoms with E-state index < -0.39 is 30.2 Å². The molecule has 5 heteroatoms. The van der Waals surface area contributed by atoms with Gasteiger partial charge < -0.3 is 24.1 Å². The topological polar surface area (TPSA) is 57.2 Å². The van der Waals surface area contributed by atoms with E-state index in [1.807, 2.05) is 0 Å². The molecule has 1 aliphatic rings. The van der Waals surface area contributed by atoms with E-state index in [0.717, 1.165) is 0 Å². The molecule has 1 rings (SSSR count). The van der Waals surface area contributed by atoms with E-state index in [9.17, 15) is 5.11 Å². The highest BCUT2D eigenvalue weighted by molar-refractivity contribution is 4.95. The highest BCUT2D eigenvalue weighted by Gasteiger charge is 2.51. The Bertz CT molecular complexity index is 254. The summed E-state index contributed by atoms with van der Waals surface area (Å²) in [6.45, 7) is 3.10. The van der Waals surface area contributed by atoms with Crippen LogP contribution in [0.1, 0.15) is 18.0 Å². The summed E-state index contributed by atoms with van der Waals surface area (Å²) in [6, 6.07) is 0. The second-order valence-electron chi connectivity index (χ2n) is 3.73. The highest BCUT2D eigenvalue weighted by Crippen LogP contribution is 2.32. The maximum atomic E-state index is 10.1. The van der Waals surface area contributed by atoms with E-state index >= 15 is 0 Å². The molecule has 0 saturated carbocycles. The fourth-order valence-electron chi connectivity index (χ4n) is 1.92. The molecule has 0 aromatic carbocycles. The lowest BCUT2D eigenvalue weighted by atomic mass is 9.93. The van der Waals surface area contributed by atoms with Crippen LogP contribution in [-0.4, -0.2) is 56.6 Å². The van der Waals surface area contributed by atoms with Gasteiger partial charge in [-0.25, -0.2) is 0 Å². The molecule has 1 aliphatic heterocycles. The normalized spacial score (nSPS) is 49.4. The number of methoxy groups -OCH3 is 3. The Kier molecular flexibility index (Phi) is 2.82. The third kappa shape index (κ3) is 2.32. The van der Waals surface area contributed by atoms with Crippen LogP contribution >= 0.6 is 0 Å². The minimum absolute atomic E-state index is 0.286. The summed E-state index contributed by atoms with van der Waals surface area (Å²) in [5.74, 6) is -1.62. The average molecular weight is 223 g/mol. The average Bonchev–Trinajstić information content (AvgIpc) is 2.28. The Labute approximate surface area is 94.5 Å². The van der Waals surface area contributed by atoms with Crippen molar-refractivity contribution in [2.75, 3.05) is 21.3 Å². The van der Waals surface area contributed by atoms with Gasteiger partial charge in [-0.15, -0.1) is 0 Å². The smallest absolute Gasteiger partial charge is 0.192 e. The molecule has 0 aromatic rings. The minimum Gasteiger partial charge on any atom is -0.376 e. The molecule has 0 radical (unpaired) electrons. The lowest BCUT2D eigenvalue weighted by Crippen LogP contribution is -2.64. The van der Waals surface area contributed by atoms with E-state index in [-0.39, 0.29) is 21.3 Å². The third-order valence-corrected chi connectivity index (χ3v) is 2.60. The van der Waals surface area contributed by atoms with Crippen molar-refractivity contribution >= 4 is 0 Å². The Balaban J connectivity index is 2.92. The fourth-order valence-corrected chi connectivity index (χ4v) is 1.92. The molecule has 1 unspecified atom stereocenters. The highest BCUT2D eigenvalue weighted by atomic mass is 16.7. The molecule has 0 bridgehead atoms. The Morgan fingerprint density at radius 3 is 2.40 bits per heavy atom. The first-order valence-corrected chi connectivity index (χ1v) is 4.60. The Morgan fingerprint density at radius 2 is 1.80 bits per heavy atom. The van der Waals surface area contributed by atoms with Crippen LogP contribution in [0, 0.1) is 0 Å². The van der Waals surface area contributed by atoms with Gasteiger partial charge in [-0.1, -0.05) is 0 Å². The number of hydrogen-bond donors (Lipinski definition) is 1. The summed E-state index contributed by atoms with van der Waals surface area (Å²) < 4.78 is 42.3. The van der Waals surface area contributed by atoms with Crippen molar-refractivity contribution in [1.82, 2.24) is 0 Å². The van der Waals surface area contributed by atoms with E-state index in [2.05, 4.69) is 0 Å². The van der Waals surface area contributed by atoms with Crippen LogP contribution in [0.15, 0.2) is 0 Å². The first-order chi connectivity index (χ1) is 8.47. The van der Waals surface area contributed by atoms with E-state index in [4.69, 9.17) is 23.1 Å². The molecule has 1 N–H and O–H groups in total. The predicted octanol–water partition coefficient (Wildman–Crippen LogP) is 0.159. The van der Waals surface area contributed by atoms with Crippen molar-refractivity contribution in [2.24, 2.45) is 0 Å². The zero-order valence-electron chi connectivity index (χ0n) is 12.0. The molecule has 1 saturated heterocycles. The number of ether oxygens (including phenoxy) is 4. The molecule has 5 atom stereocenters. The summed E-state index contributed by atoms with van der Waals surface area (Å²) in [5.41, 5.74) is 0. The van der Waals surface area contributed by atoms with Crippen molar-refractivity contribution in [3.63, 3.8) is 0 Å². The first-order valence-electron chi connectivity index (χ1n) is 6.72. The molecular weight excluding hydrogens is 200 g/mol. The number of rotatable bonds is 3. The fraction of sp³-hybridized carbons (Fsp3) is 1.00. The van der Waals surface area contributed by atoms with Crippen LogP contribution in [0.5, 0.6) is 0 Å². The summed E-state index contributed by atoms with van der Waals surface area (Å²) in [5, 5.41) is 10.1. The van der Waals surface area contributed by atoms with Gasteiger partial charge in [0.25, 0.3) is 0 Å². The number of hydrogen-bond acceptors (Lipinski definition) is 5. The van der Waals surface area contributed by atoms with Crippen LogP contribution in [0.25, 0.3) is 0 Å². The second-order valence-corrected chi connectivity index (χ2v) is 3.73. The van der Waals surface area contributed by atoms with Crippen molar-refractivity contribution in [2.45, 2.75) is 44.1 Å². The van der Waals surface area contributed by atoms with Crippen LogP contribution in [0.3, 0.4) is 0 Å². The zero-order chi connectivity index (χ0) is 13.8. The minimum atomic E-state index is -1.62. The van der Waals surface area contributed by atoms with Gasteiger partial charge in [-0.05, 0) is 13.8 Å². The second kappa shape index (κ2) is 4.76. The van der Waals surface area contributed by atoms with E-state index in [0.29, 0.717) is 0 Å². The molecule has 90 valence electrons. The monoisotopic (exact) mass is 223 g/mol. The third-order valence-electron chi connectivity index (χ3n) is 2.60. The van der Waals surface area contributed by atoms with Gasteiger partial charge in [0.2, 0.25) is 0 Å². The Morgan fingerprint density at radius 1 is 1.20 bits per heavy atom.